The molecule has 0 bridgehead atoms. The van der Waals surface area contributed by atoms with Crippen molar-refractivity contribution in [1.29, 1.82) is 0 Å². The fraction of sp³-hybridized carbons (Fsp3) is 0.360. The number of rotatable bonds is 14. The van der Waals surface area contributed by atoms with Crippen molar-refractivity contribution >= 4 is 24.3 Å². The van der Waals surface area contributed by atoms with Gasteiger partial charge >= 0.3 is 11.9 Å². The summed E-state index contributed by atoms with van der Waals surface area (Å²) in [6.45, 7) is 1.97. The molecule has 2 amide bonds. The number of amides is 2. The average molecular weight is 455 g/mol. The summed E-state index contributed by atoms with van der Waals surface area (Å²) < 4.78 is 10.6. The van der Waals surface area contributed by atoms with E-state index in [0.29, 0.717) is 12.8 Å². The Hall–Kier alpha value is -3.68. The molecule has 33 heavy (non-hydrogen) atoms. The number of hydrogen-bond acceptors (Lipinski definition) is 6. The second kappa shape index (κ2) is 14.4. The Kier molecular flexibility index (Phi) is 11.2. The summed E-state index contributed by atoms with van der Waals surface area (Å²) in [4.78, 5) is 47.6. The van der Waals surface area contributed by atoms with E-state index < -0.39 is 18.0 Å². The Morgan fingerprint density at radius 1 is 0.848 bits per heavy atom. The molecule has 0 radical (unpaired) electrons. The van der Waals surface area contributed by atoms with Crippen LogP contribution in [-0.2, 0) is 41.9 Å². The standard InChI is InChI=1S/C25H30N2O6/c1-19(26-18-28)12-14-23(29)27-22(25(31)33-17-21-10-6-3-7-11-21)13-15-24(30)32-16-20-8-4-2-5-9-20/h2-11,18-19,22H,12-17H2,1H3,(H,26,28)(H,27,29). The second-order valence-electron chi connectivity index (χ2n) is 7.62. The molecule has 0 spiro atoms. The fourth-order valence-electron chi connectivity index (χ4n) is 2.96. The van der Waals surface area contributed by atoms with E-state index in [0.717, 1.165) is 11.1 Å². The van der Waals surface area contributed by atoms with Crippen LogP contribution in [0.5, 0.6) is 0 Å². The molecule has 0 saturated heterocycles. The van der Waals surface area contributed by atoms with Crippen molar-refractivity contribution < 1.29 is 28.7 Å². The van der Waals surface area contributed by atoms with E-state index in [1.807, 2.05) is 60.7 Å². The summed E-state index contributed by atoms with van der Waals surface area (Å²) in [7, 11) is 0. The maximum absolute atomic E-state index is 12.6. The summed E-state index contributed by atoms with van der Waals surface area (Å²) in [6.07, 6.45) is 1.10. The van der Waals surface area contributed by atoms with Crippen molar-refractivity contribution in [2.45, 2.75) is 57.9 Å². The van der Waals surface area contributed by atoms with Gasteiger partial charge in [-0.2, -0.15) is 0 Å². The lowest BCUT2D eigenvalue weighted by molar-refractivity contribution is -0.150. The highest BCUT2D eigenvalue weighted by atomic mass is 16.5. The molecule has 2 atom stereocenters. The molecular weight excluding hydrogens is 424 g/mol. The molecule has 0 aliphatic carbocycles. The molecule has 2 rings (SSSR count). The monoisotopic (exact) mass is 454 g/mol. The zero-order chi connectivity index (χ0) is 23.9. The summed E-state index contributed by atoms with van der Waals surface area (Å²) in [5.41, 5.74) is 1.67. The van der Waals surface area contributed by atoms with Crippen LogP contribution in [-0.4, -0.2) is 36.3 Å². The number of carbonyl (C=O) groups excluding carboxylic acids is 4. The van der Waals surface area contributed by atoms with Gasteiger partial charge in [-0.25, -0.2) is 4.79 Å². The van der Waals surface area contributed by atoms with E-state index in [4.69, 9.17) is 9.47 Å². The first-order valence-electron chi connectivity index (χ1n) is 10.9. The molecule has 2 unspecified atom stereocenters. The van der Waals surface area contributed by atoms with Crippen molar-refractivity contribution in [2.75, 3.05) is 0 Å². The van der Waals surface area contributed by atoms with Gasteiger partial charge in [0, 0.05) is 18.9 Å². The number of esters is 2. The minimum absolute atomic E-state index is 0.0507. The first kappa shape index (κ1) is 25.6. The summed E-state index contributed by atoms with van der Waals surface area (Å²) in [5.74, 6) is -1.46. The second-order valence-corrected chi connectivity index (χ2v) is 7.62. The van der Waals surface area contributed by atoms with Crippen LogP contribution in [0.2, 0.25) is 0 Å². The fourth-order valence-corrected chi connectivity index (χ4v) is 2.96. The number of ether oxygens (including phenoxy) is 2. The van der Waals surface area contributed by atoms with Crippen molar-refractivity contribution in [2.24, 2.45) is 0 Å². The minimum atomic E-state index is -0.986. The van der Waals surface area contributed by atoms with Gasteiger partial charge in [0.2, 0.25) is 12.3 Å². The van der Waals surface area contributed by atoms with Crippen LogP contribution in [0.1, 0.15) is 43.7 Å². The Bertz CT molecular complexity index is 888. The molecule has 2 N–H and O–H groups in total. The molecule has 0 fully saturated rings. The molecule has 0 aromatic heterocycles. The topological polar surface area (TPSA) is 111 Å². The predicted octanol–water partition coefficient (Wildman–Crippen LogP) is 2.65. The Balaban J connectivity index is 1.89. The van der Waals surface area contributed by atoms with Gasteiger partial charge in [-0.1, -0.05) is 60.7 Å². The van der Waals surface area contributed by atoms with Crippen LogP contribution in [0.4, 0.5) is 0 Å². The lowest BCUT2D eigenvalue weighted by atomic mass is 10.1. The molecule has 8 nitrogen and oxygen atoms in total. The molecule has 176 valence electrons. The molecule has 2 aromatic carbocycles. The zero-order valence-electron chi connectivity index (χ0n) is 18.7. The van der Waals surface area contributed by atoms with E-state index in [9.17, 15) is 19.2 Å². The molecule has 0 aliphatic heterocycles. The highest BCUT2D eigenvalue weighted by molar-refractivity contribution is 5.85. The third-order valence-electron chi connectivity index (χ3n) is 4.88. The Morgan fingerprint density at radius 2 is 1.42 bits per heavy atom. The molecule has 0 aliphatic rings. The molecule has 0 heterocycles. The van der Waals surface area contributed by atoms with Crippen molar-refractivity contribution in [3.8, 4) is 0 Å². The van der Waals surface area contributed by atoms with Gasteiger partial charge in [0.15, 0.2) is 0 Å². The van der Waals surface area contributed by atoms with Crippen molar-refractivity contribution in [3.63, 3.8) is 0 Å². The molecule has 0 saturated carbocycles. The number of hydrogen-bond donors (Lipinski definition) is 2. The lowest BCUT2D eigenvalue weighted by Gasteiger charge is -2.18. The molecule has 2 aromatic rings. The van der Waals surface area contributed by atoms with Gasteiger partial charge in [0.25, 0.3) is 0 Å². The summed E-state index contributed by atoms with van der Waals surface area (Å²) in [6, 6.07) is 17.3. The van der Waals surface area contributed by atoms with Crippen LogP contribution in [0.25, 0.3) is 0 Å². The number of nitrogens with one attached hydrogen (secondary N) is 2. The Labute approximate surface area is 193 Å². The lowest BCUT2D eigenvalue weighted by Crippen LogP contribution is -2.42. The van der Waals surface area contributed by atoms with Gasteiger partial charge in [0.1, 0.15) is 19.3 Å². The molecule has 8 heteroatoms. The summed E-state index contributed by atoms with van der Waals surface area (Å²) in [5, 5.41) is 5.21. The highest BCUT2D eigenvalue weighted by Crippen LogP contribution is 2.09. The van der Waals surface area contributed by atoms with Gasteiger partial charge in [-0.15, -0.1) is 0 Å². The minimum Gasteiger partial charge on any atom is -0.461 e. The van der Waals surface area contributed by atoms with Crippen molar-refractivity contribution in [3.05, 3.63) is 71.8 Å². The predicted molar refractivity (Wildman–Crippen MR) is 122 cm³/mol. The van der Waals surface area contributed by atoms with E-state index >= 15 is 0 Å². The highest BCUT2D eigenvalue weighted by Gasteiger charge is 2.24. The number of benzene rings is 2. The first-order chi connectivity index (χ1) is 16.0. The first-order valence-corrected chi connectivity index (χ1v) is 10.9. The van der Waals surface area contributed by atoms with E-state index in [1.165, 1.54) is 0 Å². The average Bonchev–Trinajstić information content (AvgIpc) is 2.84. The SMILES string of the molecule is CC(CCC(=O)NC(CCC(=O)OCc1ccccc1)C(=O)OCc1ccccc1)NC=O. The van der Waals surface area contributed by atoms with Crippen LogP contribution < -0.4 is 10.6 Å². The smallest absolute Gasteiger partial charge is 0.328 e. The van der Waals surface area contributed by atoms with Gasteiger partial charge in [0.05, 0.1) is 0 Å². The van der Waals surface area contributed by atoms with Crippen LogP contribution >= 0.6 is 0 Å². The third kappa shape index (κ3) is 10.5. The van der Waals surface area contributed by atoms with Crippen LogP contribution in [0.3, 0.4) is 0 Å². The van der Waals surface area contributed by atoms with Gasteiger partial charge in [-0.3, -0.25) is 14.4 Å². The normalized spacial score (nSPS) is 12.2. The number of carbonyl (C=O) groups is 4. The zero-order valence-corrected chi connectivity index (χ0v) is 18.7. The van der Waals surface area contributed by atoms with Gasteiger partial charge in [-0.05, 0) is 30.9 Å². The van der Waals surface area contributed by atoms with Crippen LogP contribution in [0.15, 0.2) is 60.7 Å². The quantitative estimate of drug-likeness (QED) is 0.335. The van der Waals surface area contributed by atoms with E-state index in [2.05, 4.69) is 10.6 Å². The van der Waals surface area contributed by atoms with Gasteiger partial charge < -0.3 is 20.1 Å². The maximum atomic E-state index is 12.6. The van der Waals surface area contributed by atoms with Crippen LogP contribution in [0, 0.1) is 0 Å². The maximum Gasteiger partial charge on any atom is 0.328 e. The largest absolute Gasteiger partial charge is 0.461 e. The Morgan fingerprint density at radius 3 is 2.00 bits per heavy atom. The molecular formula is C25H30N2O6. The van der Waals surface area contributed by atoms with E-state index in [-0.39, 0.29) is 44.4 Å². The summed E-state index contributed by atoms with van der Waals surface area (Å²) >= 11 is 0. The van der Waals surface area contributed by atoms with Crippen molar-refractivity contribution in [1.82, 2.24) is 10.6 Å². The van der Waals surface area contributed by atoms with E-state index in [1.54, 1.807) is 6.92 Å². The third-order valence-corrected chi connectivity index (χ3v) is 4.88.